The Morgan fingerprint density at radius 2 is 1.79 bits per heavy atom. The number of carbonyl (C=O) groups is 2. The van der Waals surface area contributed by atoms with E-state index >= 15 is 0 Å². The number of halogens is 1. The molecular weight excluding hydrogens is 376 g/mol. The Bertz CT molecular complexity index is 1110. The van der Waals surface area contributed by atoms with Gasteiger partial charge >= 0.3 is 5.97 Å². The summed E-state index contributed by atoms with van der Waals surface area (Å²) in [6.45, 7) is 1.97. The van der Waals surface area contributed by atoms with E-state index in [2.05, 4.69) is 0 Å². The van der Waals surface area contributed by atoms with Crippen molar-refractivity contribution in [2.24, 2.45) is 0 Å². The summed E-state index contributed by atoms with van der Waals surface area (Å²) in [7, 11) is 0. The highest BCUT2D eigenvalue weighted by Gasteiger charge is 2.28. The van der Waals surface area contributed by atoms with Crippen LogP contribution in [0.5, 0.6) is 11.5 Å². The maximum atomic E-state index is 12.6. The van der Waals surface area contributed by atoms with Gasteiger partial charge in [0.25, 0.3) is 0 Å². The van der Waals surface area contributed by atoms with Crippen molar-refractivity contribution in [3.63, 3.8) is 0 Å². The van der Waals surface area contributed by atoms with Gasteiger partial charge in [-0.2, -0.15) is 0 Å². The molecule has 0 unspecified atom stereocenters. The first kappa shape index (κ1) is 18.0. The number of hydrogen-bond acceptors (Lipinski definition) is 4. The van der Waals surface area contributed by atoms with Gasteiger partial charge in [-0.1, -0.05) is 35.9 Å². The number of carbonyl (C=O) groups excluding carboxylic acids is 2. The van der Waals surface area contributed by atoms with Gasteiger partial charge in [0, 0.05) is 11.1 Å². The molecule has 0 atom stereocenters. The maximum absolute atomic E-state index is 12.6. The average molecular weight is 391 g/mol. The largest absolute Gasteiger partial charge is 0.452 e. The van der Waals surface area contributed by atoms with Crippen molar-refractivity contribution in [3.8, 4) is 11.5 Å². The summed E-state index contributed by atoms with van der Waals surface area (Å²) in [4.78, 5) is 24.8. The Labute approximate surface area is 167 Å². The Morgan fingerprint density at radius 3 is 2.54 bits per heavy atom. The molecule has 0 amide bonds. The van der Waals surface area contributed by atoms with Crippen LogP contribution in [0.15, 0.2) is 72.5 Å². The fraction of sp³-hybridized carbons (Fsp3) is 0.0435. The number of Topliss-reactive ketones (excluding diaryl/α,β-unsaturated/α-hetero) is 1. The lowest BCUT2D eigenvalue weighted by Gasteiger charge is -2.06. The van der Waals surface area contributed by atoms with Gasteiger partial charge in [-0.3, -0.25) is 4.79 Å². The summed E-state index contributed by atoms with van der Waals surface area (Å²) in [5.41, 5.74) is 2.76. The van der Waals surface area contributed by atoms with E-state index in [-0.39, 0.29) is 11.5 Å². The SMILES string of the molecule is Cc1ccccc1/C=C1\Oc2cc(OC(=O)c3ccc(Cl)cc3)ccc2C1=O. The number of fused-ring (bicyclic) bond motifs is 1. The molecule has 5 heteroatoms. The number of ketones is 1. The van der Waals surface area contributed by atoms with Gasteiger partial charge in [0.15, 0.2) is 5.76 Å². The number of ether oxygens (including phenoxy) is 2. The van der Waals surface area contributed by atoms with Crippen molar-refractivity contribution in [1.82, 2.24) is 0 Å². The summed E-state index contributed by atoms with van der Waals surface area (Å²) in [6.07, 6.45) is 1.72. The molecule has 3 aromatic rings. The predicted molar refractivity (Wildman–Crippen MR) is 107 cm³/mol. The Hall–Kier alpha value is -3.37. The normalized spacial score (nSPS) is 13.9. The van der Waals surface area contributed by atoms with E-state index in [0.29, 0.717) is 27.6 Å². The summed E-state index contributed by atoms with van der Waals surface area (Å²) >= 11 is 5.83. The molecule has 0 aromatic heterocycles. The lowest BCUT2D eigenvalue weighted by molar-refractivity contribution is 0.0734. The summed E-state index contributed by atoms with van der Waals surface area (Å²) < 4.78 is 11.1. The lowest BCUT2D eigenvalue weighted by atomic mass is 10.1. The zero-order valence-corrected chi connectivity index (χ0v) is 15.7. The monoisotopic (exact) mass is 390 g/mol. The van der Waals surface area contributed by atoms with Crippen molar-refractivity contribution in [2.45, 2.75) is 6.92 Å². The number of esters is 1. The minimum absolute atomic E-state index is 0.200. The van der Waals surface area contributed by atoms with Crippen molar-refractivity contribution in [3.05, 3.63) is 99.8 Å². The Morgan fingerprint density at radius 1 is 1.04 bits per heavy atom. The van der Waals surface area contributed by atoms with Crippen LogP contribution in [0.4, 0.5) is 0 Å². The van der Waals surface area contributed by atoms with Crippen LogP contribution < -0.4 is 9.47 Å². The molecule has 1 aliphatic rings. The highest BCUT2D eigenvalue weighted by Crippen LogP contribution is 2.35. The zero-order chi connectivity index (χ0) is 19.7. The Kier molecular flexibility index (Phi) is 4.72. The van der Waals surface area contributed by atoms with Gasteiger partial charge in [0.1, 0.15) is 11.5 Å². The van der Waals surface area contributed by atoms with E-state index in [1.807, 2.05) is 31.2 Å². The molecule has 138 valence electrons. The molecule has 0 spiro atoms. The van der Waals surface area contributed by atoms with Gasteiger partial charge in [-0.25, -0.2) is 4.79 Å². The Balaban J connectivity index is 1.56. The van der Waals surface area contributed by atoms with E-state index in [4.69, 9.17) is 21.1 Å². The number of allylic oxidation sites excluding steroid dienone is 1. The second kappa shape index (κ2) is 7.33. The predicted octanol–water partition coefficient (Wildman–Crippen LogP) is 5.48. The molecule has 0 bridgehead atoms. The molecule has 1 aliphatic heterocycles. The van der Waals surface area contributed by atoms with Gasteiger partial charge in [-0.05, 0) is 60.5 Å². The highest BCUT2D eigenvalue weighted by molar-refractivity contribution is 6.30. The van der Waals surface area contributed by atoms with E-state index in [9.17, 15) is 9.59 Å². The number of aryl methyl sites for hydroxylation is 1. The number of rotatable bonds is 3. The van der Waals surface area contributed by atoms with Gasteiger partial charge < -0.3 is 9.47 Å². The topological polar surface area (TPSA) is 52.6 Å². The minimum atomic E-state index is -0.517. The van der Waals surface area contributed by atoms with Gasteiger partial charge in [0.2, 0.25) is 5.78 Å². The van der Waals surface area contributed by atoms with Crippen LogP contribution in [-0.2, 0) is 0 Å². The van der Waals surface area contributed by atoms with Crippen LogP contribution in [0, 0.1) is 6.92 Å². The molecule has 4 rings (SSSR count). The maximum Gasteiger partial charge on any atom is 0.343 e. The van der Waals surface area contributed by atoms with Crippen molar-refractivity contribution >= 4 is 29.4 Å². The van der Waals surface area contributed by atoms with Crippen LogP contribution in [0.1, 0.15) is 31.8 Å². The first-order valence-electron chi connectivity index (χ1n) is 8.63. The molecule has 0 N–H and O–H groups in total. The van der Waals surface area contributed by atoms with E-state index in [1.165, 1.54) is 0 Å². The minimum Gasteiger partial charge on any atom is -0.452 e. The molecular formula is C23H15ClO4. The first-order valence-corrected chi connectivity index (χ1v) is 9.01. The van der Waals surface area contributed by atoms with Gasteiger partial charge in [0.05, 0.1) is 11.1 Å². The third-order valence-electron chi connectivity index (χ3n) is 4.41. The highest BCUT2D eigenvalue weighted by atomic mass is 35.5. The first-order chi connectivity index (χ1) is 13.5. The summed E-state index contributed by atoms with van der Waals surface area (Å²) in [5.74, 6) is 0.186. The molecule has 28 heavy (non-hydrogen) atoms. The van der Waals surface area contributed by atoms with Crippen molar-refractivity contribution < 1.29 is 19.1 Å². The number of benzene rings is 3. The quantitative estimate of drug-likeness (QED) is 0.337. The van der Waals surface area contributed by atoms with E-state index in [0.717, 1.165) is 11.1 Å². The third kappa shape index (κ3) is 3.55. The van der Waals surface area contributed by atoms with Crippen molar-refractivity contribution in [1.29, 1.82) is 0 Å². The second-order valence-corrected chi connectivity index (χ2v) is 6.79. The van der Waals surface area contributed by atoms with Crippen LogP contribution in [-0.4, -0.2) is 11.8 Å². The summed E-state index contributed by atoms with van der Waals surface area (Å²) in [6, 6.07) is 18.8. The van der Waals surface area contributed by atoms with Crippen LogP contribution >= 0.6 is 11.6 Å². The second-order valence-electron chi connectivity index (χ2n) is 6.35. The molecule has 0 saturated carbocycles. The average Bonchev–Trinajstić information content (AvgIpc) is 2.99. The molecule has 0 aliphatic carbocycles. The molecule has 0 radical (unpaired) electrons. The van der Waals surface area contributed by atoms with E-state index in [1.54, 1.807) is 48.5 Å². The standard InChI is InChI=1S/C23H15ClO4/c1-14-4-2-3-5-16(14)12-21-22(25)19-11-10-18(13-20(19)28-21)27-23(26)15-6-8-17(24)9-7-15/h2-13H,1H3/b21-12-. The molecule has 0 fully saturated rings. The summed E-state index contributed by atoms with van der Waals surface area (Å²) in [5, 5.41) is 0.536. The third-order valence-corrected chi connectivity index (χ3v) is 4.66. The van der Waals surface area contributed by atoms with E-state index < -0.39 is 5.97 Å². The molecule has 3 aromatic carbocycles. The fourth-order valence-electron chi connectivity index (χ4n) is 2.87. The molecule has 4 nitrogen and oxygen atoms in total. The van der Waals surface area contributed by atoms with Gasteiger partial charge in [-0.15, -0.1) is 0 Å². The zero-order valence-electron chi connectivity index (χ0n) is 14.9. The van der Waals surface area contributed by atoms with Crippen LogP contribution in [0.3, 0.4) is 0 Å². The van der Waals surface area contributed by atoms with Crippen LogP contribution in [0.25, 0.3) is 6.08 Å². The van der Waals surface area contributed by atoms with Crippen LogP contribution in [0.2, 0.25) is 5.02 Å². The van der Waals surface area contributed by atoms with Crippen molar-refractivity contribution in [2.75, 3.05) is 0 Å². The number of hydrogen-bond donors (Lipinski definition) is 0. The molecule has 1 heterocycles. The fourth-order valence-corrected chi connectivity index (χ4v) is 3.00. The smallest absolute Gasteiger partial charge is 0.343 e. The lowest BCUT2D eigenvalue weighted by Crippen LogP contribution is -2.08. The molecule has 0 saturated heterocycles.